The fourth-order valence-corrected chi connectivity index (χ4v) is 3.37. The van der Waals surface area contributed by atoms with Crippen LogP contribution in [-0.4, -0.2) is 44.8 Å². The van der Waals surface area contributed by atoms with Gasteiger partial charge in [-0.2, -0.15) is 8.42 Å². The van der Waals surface area contributed by atoms with Crippen molar-refractivity contribution in [2.45, 2.75) is 52.1 Å². The Labute approximate surface area is 105 Å². The van der Waals surface area contributed by atoms with Gasteiger partial charge in [-0.1, -0.05) is 20.3 Å². The summed E-state index contributed by atoms with van der Waals surface area (Å²) in [5.74, 6) is 0.128. The molecule has 1 aliphatic heterocycles. The second-order valence-corrected chi connectivity index (χ2v) is 6.41. The van der Waals surface area contributed by atoms with E-state index in [9.17, 15) is 8.42 Å². The van der Waals surface area contributed by atoms with Crippen LogP contribution < -0.4 is 0 Å². The van der Waals surface area contributed by atoms with Gasteiger partial charge in [-0.25, -0.2) is 0 Å². The first kappa shape index (κ1) is 14.9. The molecule has 1 rings (SSSR count). The Kier molecular flexibility index (Phi) is 6.44. The topological polar surface area (TPSA) is 46.6 Å². The van der Waals surface area contributed by atoms with Gasteiger partial charge in [0, 0.05) is 6.54 Å². The molecule has 0 saturated carbocycles. The van der Waals surface area contributed by atoms with Gasteiger partial charge in [0.25, 0.3) is 10.1 Å². The summed E-state index contributed by atoms with van der Waals surface area (Å²) >= 11 is 0. The van der Waals surface area contributed by atoms with Crippen LogP contribution in [-0.2, 0) is 14.3 Å². The number of nitrogens with zero attached hydrogens (tertiary/aromatic N) is 1. The lowest BCUT2D eigenvalue weighted by Crippen LogP contribution is -2.34. The number of piperidine rings is 1. The van der Waals surface area contributed by atoms with Crippen molar-refractivity contribution in [1.82, 2.24) is 4.90 Å². The minimum Gasteiger partial charge on any atom is -0.302 e. The molecular weight excluding hydrogens is 238 g/mol. The predicted molar refractivity (Wildman–Crippen MR) is 69.5 cm³/mol. The van der Waals surface area contributed by atoms with Crippen molar-refractivity contribution in [3.63, 3.8) is 0 Å². The molecule has 1 fully saturated rings. The zero-order valence-electron chi connectivity index (χ0n) is 11.0. The lowest BCUT2D eigenvalue weighted by molar-refractivity contribution is 0.195. The van der Waals surface area contributed by atoms with Crippen LogP contribution in [0.4, 0.5) is 0 Å². The van der Waals surface area contributed by atoms with Gasteiger partial charge in [0.1, 0.15) is 0 Å². The molecular formula is C12H25NO3S. The van der Waals surface area contributed by atoms with Crippen LogP contribution in [0.2, 0.25) is 0 Å². The molecule has 0 bridgehead atoms. The second-order valence-electron chi connectivity index (χ2n) is 4.70. The molecule has 1 heterocycles. The maximum Gasteiger partial charge on any atom is 0.268 e. The Balaban J connectivity index is 2.32. The van der Waals surface area contributed by atoms with Gasteiger partial charge in [0.15, 0.2) is 0 Å². The molecule has 0 spiro atoms. The summed E-state index contributed by atoms with van der Waals surface area (Å²) in [5.41, 5.74) is 0. The van der Waals surface area contributed by atoms with Crippen molar-refractivity contribution >= 4 is 10.1 Å². The molecule has 17 heavy (non-hydrogen) atoms. The zero-order chi connectivity index (χ0) is 12.7. The molecule has 0 aliphatic carbocycles. The largest absolute Gasteiger partial charge is 0.302 e. The first-order chi connectivity index (χ1) is 8.07. The summed E-state index contributed by atoms with van der Waals surface area (Å²) in [6.07, 6.45) is 4.99. The normalized spacial score (nSPS) is 18.8. The van der Waals surface area contributed by atoms with Crippen LogP contribution in [0, 0.1) is 0 Å². The van der Waals surface area contributed by atoms with Crippen LogP contribution >= 0.6 is 0 Å². The van der Waals surface area contributed by atoms with Crippen LogP contribution in [0.15, 0.2) is 0 Å². The molecule has 0 N–H and O–H groups in total. The lowest BCUT2D eigenvalue weighted by Gasteiger charge is -2.26. The standard InChI is InChI=1S/C12H25NO3S/c1-3-12(4-2)16-17(14,15)11-10-13-8-6-5-7-9-13/h12H,3-11H2,1-2H3. The van der Waals surface area contributed by atoms with E-state index in [0.717, 1.165) is 25.9 Å². The Hall–Kier alpha value is -0.130. The van der Waals surface area contributed by atoms with Gasteiger partial charge >= 0.3 is 0 Å². The highest BCUT2D eigenvalue weighted by atomic mass is 32.2. The van der Waals surface area contributed by atoms with Crippen molar-refractivity contribution in [2.75, 3.05) is 25.4 Å². The van der Waals surface area contributed by atoms with Crippen LogP contribution in [0.5, 0.6) is 0 Å². The third-order valence-corrected chi connectivity index (χ3v) is 4.55. The maximum absolute atomic E-state index is 11.8. The number of hydrogen-bond donors (Lipinski definition) is 0. The van der Waals surface area contributed by atoms with E-state index < -0.39 is 10.1 Å². The molecule has 0 atom stereocenters. The average Bonchev–Trinajstić information content (AvgIpc) is 2.35. The molecule has 102 valence electrons. The molecule has 4 nitrogen and oxygen atoms in total. The van der Waals surface area contributed by atoms with Gasteiger partial charge in [-0.15, -0.1) is 0 Å². The van der Waals surface area contributed by atoms with Gasteiger partial charge in [0.05, 0.1) is 11.9 Å². The van der Waals surface area contributed by atoms with E-state index in [2.05, 4.69) is 4.90 Å². The van der Waals surface area contributed by atoms with E-state index in [-0.39, 0.29) is 11.9 Å². The molecule has 0 aromatic rings. The number of hydrogen-bond acceptors (Lipinski definition) is 4. The lowest BCUT2D eigenvalue weighted by atomic mass is 10.1. The maximum atomic E-state index is 11.8. The summed E-state index contributed by atoms with van der Waals surface area (Å²) in [4.78, 5) is 2.22. The molecule has 0 unspecified atom stereocenters. The third kappa shape index (κ3) is 5.84. The molecule has 1 aliphatic rings. The highest BCUT2D eigenvalue weighted by Gasteiger charge is 2.19. The van der Waals surface area contributed by atoms with Gasteiger partial charge in [-0.05, 0) is 38.8 Å². The second kappa shape index (κ2) is 7.34. The summed E-state index contributed by atoms with van der Waals surface area (Å²) in [7, 11) is -3.35. The van der Waals surface area contributed by atoms with Crippen LogP contribution in [0.25, 0.3) is 0 Å². The predicted octanol–water partition coefficient (Wildman–Crippen LogP) is 2.01. The van der Waals surface area contributed by atoms with Crippen molar-refractivity contribution in [3.8, 4) is 0 Å². The average molecular weight is 263 g/mol. The van der Waals surface area contributed by atoms with Gasteiger partial charge in [0.2, 0.25) is 0 Å². The molecule has 0 aromatic carbocycles. The quantitative estimate of drug-likeness (QED) is 0.659. The Morgan fingerprint density at radius 2 is 1.71 bits per heavy atom. The van der Waals surface area contributed by atoms with E-state index in [1.807, 2.05) is 13.8 Å². The minimum atomic E-state index is -3.35. The van der Waals surface area contributed by atoms with Crippen LogP contribution in [0.1, 0.15) is 46.0 Å². The van der Waals surface area contributed by atoms with Crippen molar-refractivity contribution in [3.05, 3.63) is 0 Å². The Morgan fingerprint density at radius 1 is 1.12 bits per heavy atom. The number of rotatable bonds is 7. The Morgan fingerprint density at radius 3 is 2.24 bits per heavy atom. The molecule has 5 heteroatoms. The van der Waals surface area contributed by atoms with Crippen molar-refractivity contribution in [1.29, 1.82) is 0 Å². The van der Waals surface area contributed by atoms with E-state index in [1.165, 1.54) is 19.3 Å². The van der Waals surface area contributed by atoms with Crippen molar-refractivity contribution < 1.29 is 12.6 Å². The van der Waals surface area contributed by atoms with E-state index in [0.29, 0.717) is 6.54 Å². The summed E-state index contributed by atoms with van der Waals surface area (Å²) in [6, 6.07) is 0. The SMILES string of the molecule is CCC(CC)OS(=O)(=O)CCN1CCCCC1. The fourth-order valence-electron chi connectivity index (χ4n) is 2.10. The van der Waals surface area contributed by atoms with E-state index in [1.54, 1.807) is 0 Å². The summed E-state index contributed by atoms with van der Waals surface area (Å²) in [6.45, 7) is 6.58. The summed E-state index contributed by atoms with van der Waals surface area (Å²) in [5, 5.41) is 0. The molecule has 0 amide bonds. The Bertz CT molecular complexity index is 293. The summed E-state index contributed by atoms with van der Waals surface area (Å²) < 4.78 is 28.7. The van der Waals surface area contributed by atoms with Crippen molar-refractivity contribution in [2.24, 2.45) is 0 Å². The van der Waals surface area contributed by atoms with Gasteiger partial charge < -0.3 is 4.90 Å². The van der Waals surface area contributed by atoms with Crippen LogP contribution in [0.3, 0.4) is 0 Å². The fraction of sp³-hybridized carbons (Fsp3) is 1.00. The first-order valence-electron chi connectivity index (χ1n) is 6.70. The molecule has 0 aromatic heterocycles. The first-order valence-corrected chi connectivity index (χ1v) is 8.28. The van der Waals surface area contributed by atoms with Gasteiger partial charge in [-0.3, -0.25) is 4.18 Å². The monoisotopic (exact) mass is 263 g/mol. The third-order valence-electron chi connectivity index (χ3n) is 3.30. The zero-order valence-corrected chi connectivity index (χ0v) is 11.8. The van der Waals surface area contributed by atoms with E-state index >= 15 is 0 Å². The molecule has 0 radical (unpaired) electrons. The van der Waals surface area contributed by atoms with E-state index in [4.69, 9.17) is 4.18 Å². The minimum absolute atomic E-state index is 0.128. The highest BCUT2D eigenvalue weighted by molar-refractivity contribution is 7.86. The highest BCUT2D eigenvalue weighted by Crippen LogP contribution is 2.11. The smallest absolute Gasteiger partial charge is 0.268 e. The molecule has 1 saturated heterocycles. The number of likely N-dealkylation sites (tertiary alicyclic amines) is 1.